The van der Waals surface area contributed by atoms with Crippen molar-refractivity contribution in [1.82, 2.24) is 0 Å². The van der Waals surface area contributed by atoms with Gasteiger partial charge in [-0.25, -0.2) is 4.79 Å². The quantitative estimate of drug-likeness (QED) is 0.453. The second kappa shape index (κ2) is 8.08. The standard InChI is InChI=1S/C29H42O5/c1-17(2)19-12-20(18(3)4)14-21(13-19)28(8)22(15-32-9)23(28)16-33-25(31)29-11-10-27(7,24(30)34-29)26(29,5)6/h12-14,17-18,22-23H,10-11,15-16H2,1-9H3. The van der Waals surface area contributed by atoms with Crippen LogP contribution >= 0.6 is 0 Å². The average molecular weight is 471 g/mol. The van der Waals surface area contributed by atoms with Gasteiger partial charge in [0, 0.05) is 23.9 Å². The summed E-state index contributed by atoms with van der Waals surface area (Å²) < 4.78 is 17.3. The monoisotopic (exact) mass is 470 g/mol. The highest BCUT2D eigenvalue weighted by Crippen LogP contribution is 2.66. The molecule has 34 heavy (non-hydrogen) atoms. The lowest BCUT2D eigenvalue weighted by atomic mass is 9.66. The summed E-state index contributed by atoms with van der Waals surface area (Å²) in [6.07, 6.45) is 1.18. The van der Waals surface area contributed by atoms with Crippen LogP contribution in [0.1, 0.15) is 96.8 Å². The van der Waals surface area contributed by atoms with E-state index in [4.69, 9.17) is 14.2 Å². The van der Waals surface area contributed by atoms with E-state index in [1.165, 1.54) is 16.7 Å². The van der Waals surface area contributed by atoms with Gasteiger partial charge in [-0.15, -0.1) is 0 Å². The smallest absolute Gasteiger partial charge is 0.351 e. The van der Waals surface area contributed by atoms with E-state index in [1.807, 2.05) is 20.8 Å². The molecule has 5 unspecified atom stereocenters. The molecular weight excluding hydrogens is 428 g/mol. The Kier molecular flexibility index (Phi) is 5.99. The highest BCUT2D eigenvalue weighted by Gasteiger charge is 2.76. The maximum absolute atomic E-state index is 13.4. The summed E-state index contributed by atoms with van der Waals surface area (Å²) in [5.41, 5.74) is 1.44. The Morgan fingerprint density at radius 3 is 1.97 bits per heavy atom. The van der Waals surface area contributed by atoms with Gasteiger partial charge < -0.3 is 14.2 Å². The number of rotatable bonds is 8. The number of hydrogen-bond donors (Lipinski definition) is 0. The molecular formula is C29H42O5. The van der Waals surface area contributed by atoms with Crippen molar-refractivity contribution in [3.8, 4) is 0 Å². The minimum absolute atomic E-state index is 0.130. The van der Waals surface area contributed by atoms with Crippen molar-refractivity contribution in [3.63, 3.8) is 0 Å². The molecule has 2 saturated carbocycles. The van der Waals surface area contributed by atoms with Crippen LogP contribution in [0, 0.1) is 22.7 Å². The van der Waals surface area contributed by atoms with Gasteiger partial charge in [0.25, 0.3) is 0 Å². The summed E-state index contributed by atoms with van der Waals surface area (Å²) in [6, 6.07) is 6.96. The predicted molar refractivity (Wildman–Crippen MR) is 132 cm³/mol. The molecule has 0 aromatic heterocycles. The van der Waals surface area contributed by atoms with Crippen LogP contribution in [0.4, 0.5) is 0 Å². The molecule has 4 rings (SSSR count). The van der Waals surface area contributed by atoms with E-state index >= 15 is 0 Å². The van der Waals surface area contributed by atoms with Crippen molar-refractivity contribution in [2.75, 3.05) is 20.3 Å². The molecule has 3 fully saturated rings. The van der Waals surface area contributed by atoms with Crippen LogP contribution < -0.4 is 0 Å². The molecule has 2 aliphatic carbocycles. The van der Waals surface area contributed by atoms with Crippen molar-refractivity contribution in [2.45, 2.75) is 91.1 Å². The summed E-state index contributed by atoms with van der Waals surface area (Å²) in [7, 11) is 1.73. The van der Waals surface area contributed by atoms with Gasteiger partial charge in [-0.3, -0.25) is 4.79 Å². The van der Waals surface area contributed by atoms with Crippen molar-refractivity contribution < 1.29 is 23.8 Å². The number of hydrogen-bond acceptors (Lipinski definition) is 5. The Hall–Kier alpha value is -1.88. The van der Waals surface area contributed by atoms with Gasteiger partial charge >= 0.3 is 11.9 Å². The summed E-state index contributed by atoms with van der Waals surface area (Å²) in [5.74, 6) is 0.623. The van der Waals surface area contributed by atoms with Crippen LogP contribution in [-0.2, 0) is 29.2 Å². The Balaban J connectivity index is 1.58. The largest absolute Gasteiger partial charge is 0.462 e. The van der Waals surface area contributed by atoms with Crippen molar-refractivity contribution in [3.05, 3.63) is 34.9 Å². The molecule has 1 aromatic carbocycles. The van der Waals surface area contributed by atoms with E-state index in [1.54, 1.807) is 7.11 Å². The lowest BCUT2D eigenvalue weighted by Gasteiger charge is -2.34. The molecule has 0 amide bonds. The number of carbonyl (C=O) groups is 2. The Labute approximate surface area is 204 Å². The van der Waals surface area contributed by atoms with Crippen molar-refractivity contribution >= 4 is 11.9 Å². The van der Waals surface area contributed by atoms with Gasteiger partial charge in [-0.05, 0) is 54.2 Å². The zero-order valence-corrected chi connectivity index (χ0v) is 22.4. The molecule has 188 valence electrons. The first-order valence-corrected chi connectivity index (χ1v) is 12.8. The predicted octanol–water partition coefficient (Wildman–Crippen LogP) is 5.75. The Morgan fingerprint density at radius 1 is 0.971 bits per heavy atom. The van der Waals surface area contributed by atoms with Gasteiger partial charge in [0.2, 0.25) is 5.60 Å². The highest BCUT2D eigenvalue weighted by molar-refractivity contribution is 5.93. The number of benzene rings is 1. The molecule has 0 radical (unpaired) electrons. The first-order chi connectivity index (χ1) is 15.8. The third kappa shape index (κ3) is 3.29. The van der Waals surface area contributed by atoms with Crippen LogP contribution in [0.3, 0.4) is 0 Å². The first-order valence-electron chi connectivity index (χ1n) is 12.8. The molecule has 2 bridgehead atoms. The van der Waals surface area contributed by atoms with E-state index in [-0.39, 0.29) is 23.2 Å². The van der Waals surface area contributed by atoms with Crippen LogP contribution in [-0.4, -0.2) is 37.9 Å². The summed E-state index contributed by atoms with van der Waals surface area (Å²) in [6.45, 7) is 17.9. The number of ether oxygens (including phenoxy) is 3. The minimum atomic E-state index is -1.18. The van der Waals surface area contributed by atoms with Crippen LogP contribution in [0.2, 0.25) is 0 Å². The zero-order valence-electron chi connectivity index (χ0n) is 22.4. The minimum Gasteiger partial charge on any atom is -0.462 e. The maximum Gasteiger partial charge on any atom is 0.351 e. The fourth-order valence-electron chi connectivity index (χ4n) is 6.52. The number of esters is 2. The molecule has 1 aliphatic heterocycles. The molecule has 0 N–H and O–H groups in total. The number of methoxy groups -OCH3 is 1. The molecule has 1 saturated heterocycles. The second-order valence-corrected chi connectivity index (χ2v) is 12.4. The molecule has 0 spiro atoms. The fourth-order valence-corrected chi connectivity index (χ4v) is 6.52. The number of fused-ring (bicyclic) bond motifs is 2. The highest BCUT2D eigenvalue weighted by atomic mass is 16.6. The Bertz CT molecular complexity index is 968. The van der Waals surface area contributed by atoms with Gasteiger partial charge in [-0.1, -0.05) is 66.7 Å². The van der Waals surface area contributed by atoms with E-state index in [2.05, 4.69) is 52.8 Å². The van der Waals surface area contributed by atoms with Gasteiger partial charge in [0.1, 0.15) is 0 Å². The average Bonchev–Trinajstić information content (AvgIpc) is 3.23. The third-order valence-electron chi connectivity index (χ3n) is 10.0. The van der Waals surface area contributed by atoms with Crippen molar-refractivity contribution in [1.29, 1.82) is 0 Å². The lowest BCUT2D eigenvalue weighted by molar-refractivity contribution is -0.183. The molecule has 5 nitrogen and oxygen atoms in total. The first kappa shape index (κ1) is 25.2. The zero-order chi connectivity index (χ0) is 25.3. The summed E-state index contributed by atoms with van der Waals surface area (Å²) in [5, 5.41) is 0. The molecule has 1 aromatic rings. The topological polar surface area (TPSA) is 61.8 Å². The van der Waals surface area contributed by atoms with E-state index in [9.17, 15) is 9.59 Å². The third-order valence-corrected chi connectivity index (χ3v) is 10.0. The molecule has 1 heterocycles. The van der Waals surface area contributed by atoms with Gasteiger partial charge in [0.05, 0.1) is 18.6 Å². The molecule has 5 atom stereocenters. The lowest BCUT2D eigenvalue weighted by Crippen LogP contribution is -2.49. The van der Waals surface area contributed by atoms with E-state index < -0.39 is 22.4 Å². The van der Waals surface area contributed by atoms with Crippen LogP contribution in [0.15, 0.2) is 18.2 Å². The van der Waals surface area contributed by atoms with Gasteiger partial charge in [0.15, 0.2) is 0 Å². The van der Waals surface area contributed by atoms with Crippen molar-refractivity contribution in [2.24, 2.45) is 22.7 Å². The summed E-state index contributed by atoms with van der Waals surface area (Å²) >= 11 is 0. The summed E-state index contributed by atoms with van der Waals surface area (Å²) in [4.78, 5) is 26.0. The fraction of sp³-hybridized carbons (Fsp3) is 0.724. The molecule has 5 heteroatoms. The van der Waals surface area contributed by atoms with E-state index in [0.29, 0.717) is 37.9 Å². The molecule has 3 aliphatic rings. The number of carbonyl (C=O) groups excluding carboxylic acids is 2. The second-order valence-electron chi connectivity index (χ2n) is 12.4. The Morgan fingerprint density at radius 2 is 1.53 bits per heavy atom. The maximum atomic E-state index is 13.4. The van der Waals surface area contributed by atoms with Crippen LogP contribution in [0.5, 0.6) is 0 Å². The van der Waals surface area contributed by atoms with Gasteiger partial charge in [-0.2, -0.15) is 0 Å². The SMILES string of the molecule is COCC1C(COC(=O)C23CCC(C)(C(=O)O2)C3(C)C)C1(C)c1cc(C(C)C)cc(C(C)C)c1. The normalized spacial score (nSPS) is 35.7. The van der Waals surface area contributed by atoms with E-state index in [0.717, 1.165) is 0 Å². The van der Waals surface area contributed by atoms with Crippen LogP contribution in [0.25, 0.3) is 0 Å².